The highest BCUT2D eigenvalue weighted by Crippen LogP contribution is 2.30. The van der Waals surface area contributed by atoms with E-state index in [9.17, 15) is 5.11 Å². The lowest BCUT2D eigenvalue weighted by Gasteiger charge is -2.30. The van der Waals surface area contributed by atoms with Crippen molar-refractivity contribution < 1.29 is 5.11 Å². The first-order valence-corrected chi connectivity index (χ1v) is 5.34. The number of aromatic nitrogens is 2. The second-order valence-corrected chi connectivity index (χ2v) is 4.36. The number of hydrogen-bond acceptors (Lipinski definition) is 2. The Hall–Kier alpha value is -0.830. The van der Waals surface area contributed by atoms with Gasteiger partial charge in [-0.2, -0.15) is 5.10 Å². The molecule has 14 heavy (non-hydrogen) atoms. The monoisotopic (exact) mass is 194 g/mol. The second-order valence-electron chi connectivity index (χ2n) is 4.36. The van der Waals surface area contributed by atoms with Crippen molar-refractivity contribution in [3.63, 3.8) is 0 Å². The number of hydrogen-bond donors (Lipinski definition) is 1. The molecule has 1 atom stereocenters. The summed E-state index contributed by atoms with van der Waals surface area (Å²) >= 11 is 0. The maximum atomic E-state index is 9.91. The van der Waals surface area contributed by atoms with E-state index in [1.165, 1.54) is 19.3 Å². The first-order chi connectivity index (χ1) is 6.66. The summed E-state index contributed by atoms with van der Waals surface area (Å²) in [5, 5.41) is 14.2. The van der Waals surface area contributed by atoms with E-state index in [2.05, 4.69) is 11.2 Å². The molecule has 2 rings (SSSR count). The average molecular weight is 194 g/mol. The van der Waals surface area contributed by atoms with E-state index < -0.39 is 0 Å². The molecule has 0 bridgehead atoms. The molecule has 1 aromatic rings. The Kier molecular flexibility index (Phi) is 2.59. The van der Waals surface area contributed by atoms with Gasteiger partial charge in [-0.3, -0.25) is 4.68 Å². The molecule has 1 N–H and O–H groups in total. The van der Waals surface area contributed by atoms with Crippen molar-refractivity contribution in [2.24, 2.45) is 13.0 Å². The number of aliphatic hydroxyl groups is 1. The van der Waals surface area contributed by atoms with Crippen molar-refractivity contribution >= 4 is 0 Å². The summed E-state index contributed by atoms with van der Waals surface area (Å²) < 4.78 is 1.87. The molecule has 1 unspecified atom stereocenters. The molecule has 78 valence electrons. The van der Waals surface area contributed by atoms with Gasteiger partial charge in [0.15, 0.2) is 0 Å². The zero-order chi connectivity index (χ0) is 10.1. The summed E-state index contributed by atoms with van der Waals surface area (Å²) in [6.07, 6.45) is 4.25. The van der Waals surface area contributed by atoms with Gasteiger partial charge in [0.1, 0.15) is 0 Å². The van der Waals surface area contributed by atoms with Crippen LogP contribution >= 0.6 is 0 Å². The van der Waals surface area contributed by atoms with E-state index in [0.29, 0.717) is 5.92 Å². The van der Waals surface area contributed by atoms with E-state index in [4.69, 9.17) is 0 Å². The smallest absolute Gasteiger partial charge is 0.0623 e. The Labute approximate surface area is 84.7 Å². The fourth-order valence-electron chi connectivity index (χ4n) is 2.06. The average Bonchev–Trinajstić information content (AvgIpc) is 2.26. The predicted octanol–water partition coefficient (Wildman–Crippen LogP) is 1.43. The van der Waals surface area contributed by atoms with Crippen LogP contribution in [0.25, 0.3) is 0 Å². The van der Waals surface area contributed by atoms with Crippen molar-refractivity contribution in [3.05, 3.63) is 17.5 Å². The van der Waals surface area contributed by atoms with Crippen LogP contribution in [0.3, 0.4) is 0 Å². The SMILES string of the molecule is Cc1cc(CC(O)C2CCC2)n(C)n1. The van der Waals surface area contributed by atoms with E-state index in [1.807, 2.05) is 18.7 Å². The third kappa shape index (κ3) is 1.82. The zero-order valence-electron chi connectivity index (χ0n) is 8.90. The standard InChI is InChI=1S/C11H18N2O/c1-8-6-10(13(2)12-8)7-11(14)9-4-3-5-9/h6,9,11,14H,3-5,7H2,1-2H3. The van der Waals surface area contributed by atoms with Crippen molar-refractivity contribution in [1.29, 1.82) is 0 Å². The number of rotatable bonds is 3. The molecule has 1 aromatic heterocycles. The maximum Gasteiger partial charge on any atom is 0.0623 e. The van der Waals surface area contributed by atoms with Crippen LogP contribution in [0.4, 0.5) is 0 Å². The molecule has 0 saturated heterocycles. The van der Waals surface area contributed by atoms with Gasteiger partial charge in [-0.25, -0.2) is 0 Å². The molecule has 3 nitrogen and oxygen atoms in total. The Balaban J connectivity index is 1.98. The molecule has 0 spiro atoms. The summed E-state index contributed by atoms with van der Waals surface area (Å²) in [5.74, 6) is 0.533. The highest BCUT2D eigenvalue weighted by Gasteiger charge is 2.26. The minimum absolute atomic E-state index is 0.168. The third-order valence-corrected chi connectivity index (χ3v) is 3.21. The molecule has 1 aliphatic carbocycles. The van der Waals surface area contributed by atoms with Gasteiger partial charge in [-0.1, -0.05) is 6.42 Å². The topological polar surface area (TPSA) is 38.0 Å². The largest absolute Gasteiger partial charge is 0.392 e. The fourth-order valence-corrected chi connectivity index (χ4v) is 2.06. The zero-order valence-corrected chi connectivity index (χ0v) is 8.90. The number of nitrogens with zero attached hydrogens (tertiary/aromatic N) is 2. The summed E-state index contributed by atoms with van der Waals surface area (Å²) in [6.45, 7) is 1.99. The van der Waals surface area contributed by atoms with Gasteiger partial charge in [0.05, 0.1) is 11.8 Å². The van der Waals surface area contributed by atoms with Gasteiger partial charge in [0, 0.05) is 19.2 Å². The Morgan fingerprint density at radius 1 is 1.64 bits per heavy atom. The molecule has 0 radical (unpaired) electrons. The Bertz CT molecular complexity index is 315. The number of aliphatic hydroxyl groups excluding tert-OH is 1. The lowest BCUT2D eigenvalue weighted by Crippen LogP contribution is -2.29. The van der Waals surface area contributed by atoms with E-state index in [-0.39, 0.29) is 6.10 Å². The van der Waals surface area contributed by atoms with Crippen LogP contribution in [0.5, 0.6) is 0 Å². The van der Waals surface area contributed by atoms with Crippen LogP contribution in [0.2, 0.25) is 0 Å². The molecule has 1 heterocycles. The molecule has 3 heteroatoms. The molecule has 1 aliphatic rings. The van der Waals surface area contributed by atoms with Gasteiger partial charge in [-0.05, 0) is 31.7 Å². The van der Waals surface area contributed by atoms with Gasteiger partial charge in [0.2, 0.25) is 0 Å². The highest BCUT2D eigenvalue weighted by atomic mass is 16.3. The molecular formula is C11H18N2O. The van der Waals surface area contributed by atoms with E-state index in [0.717, 1.165) is 17.8 Å². The van der Waals surface area contributed by atoms with Crippen LogP contribution in [0, 0.1) is 12.8 Å². The summed E-state index contributed by atoms with van der Waals surface area (Å²) in [5.41, 5.74) is 2.17. The number of aryl methyl sites for hydroxylation is 2. The summed E-state index contributed by atoms with van der Waals surface area (Å²) in [7, 11) is 1.94. The fraction of sp³-hybridized carbons (Fsp3) is 0.727. The minimum Gasteiger partial charge on any atom is -0.392 e. The molecule has 0 aromatic carbocycles. The van der Waals surface area contributed by atoms with Crippen molar-refractivity contribution in [3.8, 4) is 0 Å². The van der Waals surface area contributed by atoms with E-state index >= 15 is 0 Å². The maximum absolute atomic E-state index is 9.91. The first-order valence-electron chi connectivity index (χ1n) is 5.34. The Morgan fingerprint density at radius 2 is 2.36 bits per heavy atom. The molecule has 0 aliphatic heterocycles. The van der Waals surface area contributed by atoms with Gasteiger partial charge in [0.25, 0.3) is 0 Å². The summed E-state index contributed by atoms with van der Waals surface area (Å²) in [4.78, 5) is 0. The molecule has 1 fully saturated rings. The Morgan fingerprint density at radius 3 is 2.79 bits per heavy atom. The summed E-state index contributed by atoms with van der Waals surface area (Å²) in [6, 6.07) is 2.06. The lowest BCUT2D eigenvalue weighted by atomic mass is 9.80. The lowest BCUT2D eigenvalue weighted by molar-refractivity contribution is 0.0615. The first kappa shape index (κ1) is 9.71. The van der Waals surface area contributed by atoms with E-state index in [1.54, 1.807) is 0 Å². The third-order valence-electron chi connectivity index (χ3n) is 3.21. The predicted molar refractivity (Wildman–Crippen MR) is 55.0 cm³/mol. The molecule has 0 amide bonds. The van der Waals surface area contributed by atoms with Gasteiger partial charge in [-0.15, -0.1) is 0 Å². The highest BCUT2D eigenvalue weighted by molar-refractivity contribution is 5.10. The van der Waals surface area contributed by atoms with Crippen LogP contribution in [-0.4, -0.2) is 21.0 Å². The minimum atomic E-state index is -0.168. The quantitative estimate of drug-likeness (QED) is 0.790. The van der Waals surface area contributed by atoms with Crippen LogP contribution in [-0.2, 0) is 13.5 Å². The normalized spacial score (nSPS) is 19.4. The van der Waals surface area contributed by atoms with Crippen LogP contribution in [0.15, 0.2) is 6.07 Å². The van der Waals surface area contributed by atoms with Gasteiger partial charge < -0.3 is 5.11 Å². The van der Waals surface area contributed by atoms with Crippen molar-refractivity contribution in [2.45, 2.75) is 38.7 Å². The van der Waals surface area contributed by atoms with Crippen LogP contribution < -0.4 is 0 Å². The van der Waals surface area contributed by atoms with Crippen molar-refractivity contribution in [1.82, 2.24) is 9.78 Å². The molecular weight excluding hydrogens is 176 g/mol. The molecule has 1 saturated carbocycles. The second kappa shape index (κ2) is 3.73. The van der Waals surface area contributed by atoms with Crippen molar-refractivity contribution in [2.75, 3.05) is 0 Å². The van der Waals surface area contributed by atoms with Crippen LogP contribution in [0.1, 0.15) is 30.7 Å². The van der Waals surface area contributed by atoms with Gasteiger partial charge >= 0.3 is 0 Å².